The molecule has 1 heteroatoms. The van der Waals surface area contributed by atoms with Crippen LogP contribution in [-0.4, -0.2) is 31.7 Å². The first-order valence-electron chi connectivity index (χ1n) is 6.91. The number of quaternary nitrogens is 1. The van der Waals surface area contributed by atoms with Crippen LogP contribution in [0.15, 0.2) is 23.3 Å². The Hall–Kier alpha value is -1.00. The molecule has 0 bridgehead atoms. The number of allylic oxidation sites excluding steroid dienone is 3. The number of rotatable bonds is 4. The van der Waals surface area contributed by atoms with Gasteiger partial charge in [-0.05, 0) is 49.2 Å². The van der Waals surface area contributed by atoms with Crippen LogP contribution in [0.1, 0.15) is 40.0 Å². The van der Waals surface area contributed by atoms with Crippen LogP contribution in [0, 0.1) is 17.8 Å². The van der Waals surface area contributed by atoms with Crippen LogP contribution in [0.4, 0.5) is 0 Å². The minimum Gasteiger partial charge on any atom is -0.315 e. The maximum atomic E-state index is 5.40. The lowest BCUT2D eigenvalue weighted by Crippen LogP contribution is -2.39. The topological polar surface area (TPSA) is 0 Å². The van der Waals surface area contributed by atoms with Crippen molar-refractivity contribution in [2.45, 2.75) is 40.0 Å². The zero-order valence-electron chi connectivity index (χ0n) is 12.7. The van der Waals surface area contributed by atoms with E-state index in [9.17, 15) is 0 Å². The van der Waals surface area contributed by atoms with Crippen molar-refractivity contribution in [2.75, 3.05) is 27.2 Å². The van der Waals surface area contributed by atoms with E-state index in [0.29, 0.717) is 5.41 Å². The fraction of sp³-hybridized carbons (Fsp3) is 0.647. The molecule has 0 N–H and O–H groups in total. The van der Waals surface area contributed by atoms with Crippen molar-refractivity contribution in [2.24, 2.45) is 5.41 Å². The van der Waals surface area contributed by atoms with Crippen LogP contribution >= 0.6 is 0 Å². The predicted molar refractivity (Wildman–Crippen MR) is 80.1 cm³/mol. The first kappa shape index (κ1) is 15.1. The van der Waals surface area contributed by atoms with E-state index in [-0.39, 0.29) is 0 Å². The fourth-order valence-corrected chi connectivity index (χ4v) is 2.78. The molecular weight excluding hydrogens is 218 g/mol. The van der Waals surface area contributed by atoms with E-state index in [0.717, 1.165) is 17.6 Å². The SMILES string of the molecule is C#CC[N+](C)(C)CC=CC1=C(C)CCCC1(C)C. The first-order chi connectivity index (χ1) is 8.28. The van der Waals surface area contributed by atoms with Gasteiger partial charge in [0.25, 0.3) is 0 Å². The standard InChI is InChI=1S/C17H28N/c1-7-13-18(5,6)14-9-11-16-15(2)10-8-12-17(16,3)4/h1,9,11H,8,10,12-14H2,2-6H3/q+1. The van der Waals surface area contributed by atoms with Crippen LogP contribution in [0.2, 0.25) is 0 Å². The highest BCUT2D eigenvalue weighted by Gasteiger charge is 2.26. The molecule has 1 nitrogen and oxygen atoms in total. The maximum Gasteiger partial charge on any atom is 0.140 e. The zero-order chi connectivity index (χ0) is 13.8. The third-order valence-electron chi connectivity index (χ3n) is 3.95. The third kappa shape index (κ3) is 4.03. The quantitative estimate of drug-likeness (QED) is 0.523. The monoisotopic (exact) mass is 246 g/mol. The van der Waals surface area contributed by atoms with E-state index < -0.39 is 0 Å². The highest BCUT2D eigenvalue weighted by atomic mass is 15.3. The summed E-state index contributed by atoms with van der Waals surface area (Å²) < 4.78 is 0.861. The molecule has 0 saturated carbocycles. The van der Waals surface area contributed by atoms with E-state index in [1.54, 1.807) is 5.57 Å². The first-order valence-corrected chi connectivity index (χ1v) is 6.91. The average Bonchev–Trinajstić information content (AvgIpc) is 2.21. The second-order valence-corrected chi connectivity index (χ2v) is 6.81. The molecule has 1 aliphatic carbocycles. The van der Waals surface area contributed by atoms with Gasteiger partial charge in [-0.3, -0.25) is 0 Å². The number of hydrogen-bond donors (Lipinski definition) is 0. The van der Waals surface area contributed by atoms with Gasteiger partial charge in [-0.2, -0.15) is 0 Å². The molecule has 100 valence electrons. The third-order valence-corrected chi connectivity index (χ3v) is 3.95. The molecule has 0 atom stereocenters. The summed E-state index contributed by atoms with van der Waals surface area (Å²) in [6, 6.07) is 0. The van der Waals surface area contributed by atoms with Gasteiger partial charge < -0.3 is 4.48 Å². The molecule has 0 radical (unpaired) electrons. The largest absolute Gasteiger partial charge is 0.315 e. The van der Waals surface area contributed by atoms with E-state index in [1.807, 2.05) is 0 Å². The second kappa shape index (κ2) is 5.76. The minimum absolute atomic E-state index is 0.335. The van der Waals surface area contributed by atoms with Crippen molar-refractivity contribution < 1.29 is 4.48 Å². The van der Waals surface area contributed by atoms with Crippen LogP contribution in [0.25, 0.3) is 0 Å². The summed E-state index contributed by atoms with van der Waals surface area (Å²) in [6.45, 7) is 8.78. The Morgan fingerprint density at radius 3 is 2.61 bits per heavy atom. The smallest absolute Gasteiger partial charge is 0.140 e. The summed E-state index contributed by atoms with van der Waals surface area (Å²) in [6.07, 6.45) is 13.9. The molecule has 0 aromatic rings. The lowest BCUT2D eigenvalue weighted by molar-refractivity contribution is -0.877. The molecule has 0 aromatic carbocycles. The van der Waals surface area contributed by atoms with Gasteiger partial charge in [-0.1, -0.05) is 25.5 Å². The molecule has 0 aromatic heterocycles. The van der Waals surface area contributed by atoms with Crippen molar-refractivity contribution in [3.05, 3.63) is 23.3 Å². The Balaban J connectivity index is 2.75. The highest BCUT2D eigenvalue weighted by Crippen LogP contribution is 2.40. The number of likely N-dealkylation sites (N-methyl/N-ethyl adjacent to an activating group) is 1. The van der Waals surface area contributed by atoms with Crippen LogP contribution in [-0.2, 0) is 0 Å². The van der Waals surface area contributed by atoms with E-state index in [4.69, 9.17) is 6.42 Å². The maximum absolute atomic E-state index is 5.40. The molecule has 0 fully saturated rings. The van der Waals surface area contributed by atoms with Crippen molar-refractivity contribution >= 4 is 0 Å². The molecule has 0 unspecified atom stereocenters. The van der Waals surface area contributed by atoms with E-state index in [2.05, 4.69) is 52.9 Å². The molecule has 0 aliphatic heterocycles. The van der Waals surface area contributed by atoms with Gasteiger partial charge in [0.1, 0.15) is 6.54 Å². The van der Waals surface area contributed by atoms with Gasteiger partial charge in [-0.25, -0.2) is 0 Å². The summed E-state index contributed by atoms with van der Waals surface area (Å²) in [5, 5.41) is 0. The average molecular weight is 246 g/mol. The Kier molecular flexibility index (Phi) is 4.82. The summed E-state index contributed by atoms with van der Waals surface area (Å²) in [7, 11) is 4.36. The molecular formula is C17H28N+. The minimum atomic E-state index is 0.335. The Labute approximate surface area is 113 Å². The molecule has 1 rings (SSSR count). The van der Waals surface area contributed by atoms with Crippen molar-refractivity contribution in [1.29, 1.82) is 0 Å². The van der Waals surface area contributed by atoms with Crippen molar-refractivity contribution in [1.82, 2.24) is 0 Å². The summed E-state index contributed by atoms with van der Waals surface area (Å²) >= 11 is 0. The normalized spacial score (nSPS) is 20.2. The predicted octanol–water partition coefficient (Wildman–Crippen LogP) is 3.78. The highest BCUT2D eigenvalue weighted by molar-refractivity contribution is 5.32. The van der Waals surface area contributed by atoms with Gasteiger partial charge in [-0.15, -0.1) is 6.42 Å². The van der Waals surface area contributed by atoms with Gasteiger partial charge >= 0.3 is 0 Å². The Morgan fingerprint density at radius 2 is 2.06 bits per heavy atom. The summed E-state index contributed by atoms with van der Waals surface area (Å²) in [5.41, 5.74) is 3.43. The lowest BCUT2D eigenvalue weighted by Gasteiger charge is -2.33. The molecule has 18 heavy (non-hydrogen) atoms. The molecule has 0 saturated heterocycles. The van der Waals surface area contributed by atoms with Gasteiger partial charge in [0.15, 0.2) is 0 Å². The second-order valence-electron chi connectivity index (χ2n) is 6.81. The Morgan fingerprint density at radius 1 is 1.39 bits per heavy atom. The number of terminal acetylenes is 1. The van der Waals surface area contributed by atoms with E-state index in [1.165, 1.54) is 24.8 Å². The number of hydrogen-bond acceptors (Lipinski definition) is 0. The van der Waals surface area contributed by atoms with Crippen molar-refractivity contribution in [3.8, 4) is 12.3 Å². The molecule has 0 amide bonds. The van der Waals surface area contributed by atoms with E-state index >= 15 is 0 Å². The van der Waals surface area contributed by atoms with Gasteiger partial charge in [0, 0.05) is 0 Å². The van der Waals surface area contributed by atoms with Crippen molar-refractivity contribution in [3.63, 3.8) is 0 Å². The summed E-state index contributed by atoms with van der Waals surface area (Å²) in [5.74, 6) is 2.75. The summed E-state index contributed by atoms with van der Waals surface area (Å²) in [4.78, 5) is 0. The van der Waals surface area contributed by atoms with Crippen LogP contribution < -0.4 is 0 Å². The van der Waals surface area contributed by atoms with Crippen LogP contribution in [0.3, 0.4) is 0 Å². The zero-order valence-corrected chi connectivity index (χ0v) is 12.7. The number of nitrogens with zero attached hydrogens (tertiary/aromatic N) is 1. The molecule has 0 heterocycles. The van der Waals surface area contributed by atoms with Gasteiger partial charge in [0.05, 0.1) is 20.6 Å². The lowest BCUT2D eigenvalue weighted by atomic mass is 9.72. The Bertz CT molecular complexity index is 388. The van der Waals surface area contributed by atoms with Crippen LogP contribution in [0.5, 0.6) is 0 Å². The molecule has 1 aliphatic rings. The van der Waals surface area contributed by atoms with Gasteiger partial charge in [0.2, 0.25) is 0 Å². The molecule has 0 spiro atoms. The fourth-order valence-electron chi connectivity index (χ4n) is 2.78.